The molecular weight excluding hydrogens is 358 g/mol. The Bertz CT molecular complexity index is 339. The lowest BCUT2D eigenvalue weighted by molar-refractivity contribution is 0.447. The van der Waals surface area contributed by atoms with Gasteiger partial charge in [0.1, 0.15) is 0 Å². The molecule has 0 N–H and O–H groups in total. The first kappa shape index (κ1) is 26.4. The minimum absolute atomic E-state index is 0.443. The van der Waals surface area contributed by atoms with Crippen molar-refractivity contribution in [1.82, 2.24) is 0 Å². The zero-order chi connectivity index (χ0) is 21.4. The molecule has 0 atom stereocenters. The molecule has 2 rings (SSSR count). The maximum absolute atomic E-state index is 2.73. The molecule has 2 aliphatic carbocycles. The van der Waals surface area contributed by atoms with Crippen molar-refractivity contribution in [3.63, 3.8) is 0 Å². The van der Waals surface area contributed by atoms with E-state index < -0.39 is 0 Å². The molecule has 0 aromatic rings. The third-order valence-electron chi connectivity index (χ3n) is 8.38. The maximum atomic E-state index is 2.73. The van der Waals surface area contributed by atoms with Gasteiger partial charge in [-0.15, -0.1) is 0 Å². The molecule has 0 bridgehead atoms. The summed E-state index contributed by atoms with van der Waals surface area (Å²) in [6.45, 7) is 5.18. The number of hydrogen-bond donors (Lipinski definition) is 0. The first-order chi connectivity index (χ1) is 14.6. The molecule has 0 saturated heterocycles. The molecule has 0 heterocycles. The van der Waals surface area contributed by atoms with Gasteiger partial charge in [-0.05, 0) is 0 Å². The molecule has 30 heavy (non-hydrogen) atoms. The Hall–Kier alpha value is 0.130. The van der Waals surface area contributed by atoms with Crippen molar-refractivity contribution in [2.45, 2.75) is 179 Å². The molecule has 0 amide bonds. The predicted octanol–water partition coefficient (Wildman–Crippen LogP) is 10.1. The molecule has 0 aromatic carbocycles. The molecular formula is C28H54B2. The van der Waals surface area contributed by atoms with Gasteiger partial charge in [-0.2, -0.15) is 0 Å². The van der Waals surface area contributed by atoms with Crippen LogP contribution in [0.3, 0.4) is 0 Å². The van der Waals surface area contributed by atoms with Crippen LogP contribution in [0.1, 0.15) is 168 Å². The first-order valence-electron chi connectivity index (χ1n) is 14.3. The van der Waals surface area contributed by atoms with Crippen LogP contribution in [0.5, 0.6) is 0 Å². The summed E-state index contributed by atoms with van der Waals surface area (Å²) in [5.74, 6) is 0. The summed E-state index contributed by atoms with van der Waals surface area (Å²) in [6.07, 6.45) is 35.0. The molecule has 2 aliphatic rings. The van der Waals surface area contributed by atoms with Crippen molar-refractivity contribution in [1.29, 1.82) is 0 Å². The van der Waals surface area contributed by atoms with Crippen LogP contribution in [-0.2, 0) is 0 Å². The Labute approximate surface area is 193 Å². The summed E-state index contributed by atoms with van der Waals surface area (Å²) < 4.78 is 0. The second-order valence-corrected chi connectivity index (χ2v) is 11.7. The standard InChI is InChI=1S/C28H54B2/c1-27(23-19-15-11-7-3-4-8-12-16-20-24-27)29-30-28(2)25-21-17-13-9-5-6-10-14-18-22-26-28/h3-26H2,1-2H3. The summed E-state index contributed by atoms with van der Waals surface area (Å²) in [4.78, 5) is 0. The van der Waals surface area contributed by atoms with E-state index in [0.29, 0.717) is 10.6 Å². The fourth-order valence-electron chi connectivity index (χ4n) is 5.93. The van der Waals surface area contributed by atoms with E-state index in [-0.39, 0.29) is 0 Å². The average molecular weight is 412 g/mol. The third-order valence-corrected chi connectivity index (χ3v) is 8.38. The largest absolute Gasteiger partial charge is 0.0742 e. The van der Waals surface area contributed by atoms with Gasteiger partial charge < -0.3 is 0 Å². The van der Waals surface area contributed by atoms with Gasteiger partial charge in [0.05, 0.1) is 14.3 Å². The summed E-state index contributed by atoms with van der Waals surface area (Å²) in [6, 6.07) is 0. The summed E-state index contributed by atoms with van der Waals surface area (Å²) in [5, 5.41) is 0.885. The molecule has 2 radical (unpaired) electrons. The van der Waals surface area contributed by atoms with Crippen molar-refractivity contribution in [3.8, 4) is 0 Å². The van der Waals surface area contributed by atoms with E-state index in [9.17, 15) is 0 Å². The predicted molar refractivity (Wildman–Crippen MR) is 139 cm³/mol. The fourth-order valence-corrected chi connectivity index (χ4v) is 5.93. The Kier molecular flexibility index (Phi) is 13.9. The fraction of sp³-hybridized carbons (Fsp3) is 1.00. The minimum Gasteiger partial charge on any atom is -0.0688 e. The lowest BCUT2D eigenvalue weighted by Gasteiger charge is -2.36. The summed E-state index contributed by atoms with van der Waals surface area (Å²) in [7, 11) is 5.45. The average Bonchev–Trinajstić information content (AvgIpc) is 2.77. The van der Waals surface area contributed by atoms with Crippen LogP contribution in [0.25, 0.3) is 0 Å². The highest BCUT2D eigenvalue weighted by molar-refractivity contribution is 7.03. The zero-order valence-electron chi connectivity index (χ0n) is 21.1. The molecule has 2 fully saturated rings. The highest BCUT2D eigenvalue weighted by atomic mass is 14.2. The van der Waals surface area contributed by atoms with E-state index in [1.807, 2.05) is 0 Å². The van der Waals surface area contributed by atoms with Crippen molar-refractivity contribution in [2.24, 2.45) is 0 Å². The summed E-state index contributed by atoms with van der Waals surface area (Å²) >= 11 is 0. The van der Waals surface area contributed by atoms with Gasteiger partial charge in [0.25, 0.3) is 0 Å². The Morgan fingerprint density at radius 3 is 0.667 bits per heavy atom. The van der Waals surface area contributed by atoms with Crippen LogP contribution in [-0.4, -0.2) is 14.3 Å². The van der Waals surface area contributed by atoms with Crippen molar-refractivity contribution in [3.05, 3.63) is 0 Å². The molecule has 0 nitrogen and oxygen atoms in total. The van der Waals surface area contributed by atoms with Gasteiger partial charge in [-0.25, -0.2) is 0 Å². The molecule has 0 aromatic heterocycles. The van der Waals surface area contributed by atoms with E-state index in [0.717, 1.165) is 0 Å². The van der Waals surface area contributed by atoms with Crippen LogP contribution in [0.4, 0.5) is 0 Å². The van der Waals surface area contributed by atoms with Crippen LogP contribution in [0.15, 0.2) is 0 Å². The number of hydrogen-bond acceptors (Lipinski definition) is 0. The van der Waals surface area contributed by atoms with Gasteiger partial charge in [0.2, 0.25) is 0 Å². The second kappa shape index (κ2) is 15.9. The van der Waals surface area contributed by atoms with E-state index in [2.05, 4.69) is 28.2 Å². The maximum Gasteiger partial charge on any atom is 0.0742 e. The van der Waals surface area contributed by atoms with E-state index >= 15 is 0 Å². The minimum atomic E-state index is 0.443. The van der Waals surface area contributed by atoms with Gasteiger partial charge in [-0.3, -0.25) is 0 Å². The third kappa shape index (κ3) is 12.2. The van der Waals surface area contributed by atoms with E-state index in [1.165, 1.54) is 154 Å². The lowest BCUT2D eigenvalue weighted by Crippen LogP contribution is -2.31. The van der Waals surface area contributed by atoms with Gasteiger partial charge in [0, 0.05) is 0 Å². The molecule has 0 spiro atoms. The Morgan fingerprint density at radius 2 is 0.467 bits per heavy atom. The van der Waals surface area contributed by atoms with Crippen molar-refractivity contribution >= 4 is 14.3 Å². The molecule has 2 saturated carbocycles. The first-order valence-corrected chi connectivity index (χ1v) is 14.3. The monoisotopic (exact) mass is 412 g/mol. The van der Waals surface area contributed by atoms with E-state index in [1.54, 1.807) is 0 Å². The highest BCUT2D eigenvalue weighted by Crippen LogP contribution is 2.43. The van der Waals surface area contributed by atoms with Crippen LogP contribution in [0, 0.1) is 0 Å². The van der Waals surface area contributed by atoms with Gasteiger partial charge in [0.15, 0.2) is 0 Å². The Morgan fingerprint density at radius 1 is 0.300 bits per heavy atom. The van der Waals surface area contributed by atoms with Gasteiger partial charge in [-0.1, -0.05) is 179 Å². The van der Waals surface area contributed by atoms with Crippen LogP contribution < -0.4 is 0 Å². The molecule has 2 heteroatoms. The normalized spacial score (nSPS) is 26.3. The zero-order valence-corrected chi connectivity index (χ0v) is 21.1. The topological polar surface area (TPSA) is 0 Å². The number of rotatable bonds is 3. The SMILES string of the molecule is CC1([B][B]C2(C)CCCCCCCCCCCC2)CCCCCCCCCCCC1. The Balaban J connectivity index is 1.87. The highest BCUT2D eigenvalue weighted by Gasteiger charge is 2.31. The lowest BCUT2D eigenvalue weighted by atomic mass is 9.20. The van der Waals surface area contributed by atoms with Gasteiger partial charge >= 0.3 is 0 Å². The molecule has 0 unspecified atom stereocenters. The smallest absolute Gasteiger partial charge is 0.0688 e. The molecule has 172 valence electrons. The van der Waals surface area contributed by atoms with E-state index in [4.69, 9.17) is 0 Å². The van der Waals surface area contributed by atoms with Crippen LogP contribution >= 0.6 is 0 Å². The van der Waals surface area contributed by atoms with Crippen LogP contribution in [0.2, 0.25) is 10.6 Å². The molecule has 0 aliphatic heterocycles. The quantitative estimate of drug-likeness (QED) is 0.405. The van der Waals surface area contributed by atoms with Crippen molar-refractivity contribution < 1.29 is 0 Å². The summed E-state index contributed by atoms with van der Waals surface area (Å²) in [5.41, 5.74) is 0. The second-order valence-electron chi connectivity index (χ2n) is 11.7. The van der Waals surface area contributed by atoms with Crippen molar-refractivity contribution in [2.75, 3.05) is 0 Å².